The Labute approximate surface area is 139 Å². The van der Waals surface area contributed by atoms with Crippen molar-refractivity contribution in [2.75, 3.05) is 20.0 Å². The molecule has 0 aliphatic heterocycles. The number of carbonyl (C=O) groups is 1. The van der Waals surface area contributed by atoms with Gasteiger partial charge in [0.2, 0.25) is 11.7 Å². The van der Waals surface area contributed by atoms with Crippen molar-refractivity contribution < 1.29 is 19.4 Å². The Hall–Kier alpha value is -3.22. The fourth-order valence-electron chi connectivity index (χ4n) is 2.03. The van der Waals surface area contributed by atoms with Gasteiger partial charge in [0, 0.05) is 11.3 Å². The maximum atomic E-state index is 11.8. The van der Waals surface area contributed by atoms with Gasteiger partial charge in [0.1, 0.15) is 0 Å². The molecule has 2 aromatic rings. The predicted molar refractivity (Wildman–Crippen MR) is 91.5 cm³/mol. The molecule has 7 nitrogen and oxygen atoms in total. The van der Waals surface area contributed by atoms with Crippen molar-refractivity contribution in [3.05, 3.63) is 47.5 Å². The van der Waals surface area contributed by atoms with Crippen LogP contribution in [0.1, 0.15) is 11.1 Å². The van der Waals surface area contributed by atoms with Gasteiger partial charge in [-0.3, -0.25) is 4.79 Å². The first-order valence-electron chi connectivity index (χ1n) is 7.14. The molecule has 1 amide bonds. The van der Waals surface area contributed by atoms with Crippen molar-refractivity contribution in [1.29, 1.82) is 0 Å². The van der Waals surface area contributed by atoms with Gasteiger partial charge >= 0.3 is 0 Å². The molecule has 0 aromatic heterocycles. The Bertz CT molecular complexity index is 717. The maximum Gasteiger partial charge on any atom is 0.244 e. The number of amides is 1. The molecule has 24 heavy (non-hydrogen) atoms. The highest BCUT2D eigenvalue weighted by molar-refractivity contribution is 5.84. The number of benzene rings is 2. The number of nitrogens with one attached hydrogen (secondary N) is 1. The monoisotopic (exact) mass is 329 g/mol. The topological polar surface area (TPSA) is 106 Å². The molecule has 0 bridgehead atoms. The Kier molecular flexibility index (Phi) is 5.62. The van der Waals surface area contributed by atoms with Gasteiger partial charge in [-0.15, -0.1) is 0 Å². The number of hydrogen-bond donors (Lipinski definition) is 3. The van der Waals surface area contributed by atoms with Crippen LogP contribution in [0, 0.1) is 0 Å². The molecule has 126 valence electrons. The smallest absolute Gasteiger partial charge is 0.244 e. The van der Waals surface area contributed by atoms with Crippen LogP contribution in [0.5, 0.6) is 17.2 Å². The Balaban J connectivity index is 2.00. The van der Waals surface area contributed by atoms with E-state index >= 15 is 0 Å². The van der Waals surface area contributed by atoms with Gasteiger partial charge < -0.3 is 20.3 Å². The minimum atomic E-state index is -0.256. The third-order valence-corrected chi connectivity index (χ3v) is 3.25. The van der Waals surface area contributed by atoms with E-state index in [2.05, 4.69) is 10.5 Å². The van der Waals surface area contributed by atoms with E-state index in [9.17, 15) is 9.90 Å². The minimum absolute atomic E-state index is 0.0930. The second-order valence-electron chi connectivity index (χ2n) is 4.99. The largest absolute Gasteiger partial charge is 0.502 e. The van der Waals surface area contributed by atoms with Crippen LogP contribution in [0.15, 0.2) is 41.5 Å². The van der Waals surface area contributed by atoms with Gasteiger partial charge in [0.15, 0.2) is 11.5 Å². The fraction of sp³-hybridized carbons (Fsp3) is 0.176. The third-order valence-electron chi connectivity index (χ3n) is 3.25. The quantitative estimate of drug-likeness (QED) is 0.425. The van der Waals surface area contributed by atoms with Crippen LogP contribution in [0.2, 0.25) is 0 Å². The molecule has 0 radical (unpaired) electrons. The van der Waals surface area contributed by atoms with Crippen LogP contribution in [-0.2, 0) is 11.2 Å². The minimum Gasteiger partial charge on any atom is -0.502 e. The average Bonchev–Trinajstić information content (AvgIpc) is 2.58. The molecule has 0 aliphatic carbocycles. The summed E-state index contributed by atoms with van der Waals surface area (Å²) in [6.45, 7) is 0. The lowest BCUT2D eigenvalue weighted by Gasteiger charge is -2.09. The highest BCUT2D eigenvalue weighted by Crippen LogP contribution is 2.36. The molecule has 0 spiro atoms. The number of phenolic OH excluding ortho intramolecular Hbond substituents is 1. The molecule has 0 heterocycles. The lowest BCUT2D eigenvalue weighted by atomic mass is 10.1. The van der Waals surface area contributed by atoms with Crippen molar-refractivity contribution in [2.45, 2.75) is 6.42 Å². The van der Waals surface area contributed by atoms with E-state index in [0.29, 0.717) is 11.3 Å². The number of ether oxygens (including phenoxy) is 2. The fourth-order valence-corrected chi connectivity index (χ4v) is 2.03. The van der Waals surface area contributed by atoms with Crippen molar-refractivity contribution in [2.24, 2.45) is 5.10 Å². The SMILES string of the molecule is COc1cc(/C=N\NC(=O)Cc2ccc(N)cc2)cc(OC)c1O. The molecule has 0 aliphatic rings. The number of methoxy groups -OCH3 is 2. The molecule has 2 rings (SSSR count). The van der Waals surface area contributed by atoms with E-state index in [4.69, 9.17) is 15.2 Å². The van der Waals surface area contributed by atoms with Gasteiger partial charge in [-0.2, -0.15) is 5.10 Å². The van der Waals surface area contributed by atoms with Crippen LogP contribution in [0.25, 0.3) is 0 Å². The Morgan fingerprint density at radius 3 is 2.33 bits per heavy atom. The zero-order chi connectivity index (χ0) is 17.5. The van der Waals surface area contributed by atoms with Gasteiger partial charge in [-0.05, 0) is 29.8 Å². The van der Waals surface area contributed by atoms with E-state index in [0.717, 1.165) is 5.56 Å². The van der Waals surface area contributed by atoms with E-state index in [1.54, 1.807) is 36.4 Å². The lowest BCUT2D eigenvalue weighted by Crippen LogP contribution is -2.19. The van der Waals surface area contributed by atoms with Crippen molar-refractivity contribution in [1.82, 2.24) is 5.43 Å². The molecular weight excluding hydrogens is 310 g/mol. The van der Waals surface area contributed by atoms with E-state index in [-0.39, 0.29) is 29.6 Å². The summed E-state index contributed by atoms with van der Waals surface area (Å²) in [5.41, 5.74) is 10.1. The Morgan fingerprint density at radius 1 is 1.21 bits per heavy atom. The second kappa shape index (κ2) is 7.87. The molecule has 0 fully saturated rings. The van der Waals surface area contributed by atoms with Crippen LogP contribution in [-0.4, -0.2) is 31.4 Å². The zero-order valence-corrected chi connectivity index (χ0v) is 13.4. The molecular formula is C17H19N3O4. The highest BCUT2D eigenvalue weighted by Gasteiger charge is 2.10. The summed E-state index contributed by atoms with van der Waals surface area (Å²) >= 11 is 0. The van der Waals surface area contributed by atoms with Crippen LogP contribution >= 0.6 is 0 Å². The van der Waals surface area contributed by atoms with Crippen molar-refractivity contribution >= 4 is 17.8 Å². The number of anilines is 1. The maximum absolute atomic E-state index is 11.8. The van der Waals surface area contributed by atoms with Gasteiger partial charge in [-0.25, -0.2) is 5.43 Å². The first kappa shape index (κ1) is 17.1. The van der Waals surface area contributed by atoms with E-state index in [1.807, 2.05) is 0 Å². The van der Waals surface area contributed by atoms with Crippen LogP contribution < -0.4 is 20.6 Å². The third kappa shape index (κ3) is 4.39. The number of nitrogen functional groups attached to an aromatic ring is 1. The molecule has 0 saturated carbocycles. The molecule has 0 saturated heterocycles. The summed E-state index contributed by atoms with van der Waals surface area (Å²) in [4.78, 5) is 11.8. The number of carbonyl (C=O) groups excluding carboxylic acids is 1. The molecule has 2 aromatic carbocycles. The van der Waals surface area contributed by atoms with Crippen LogP contribution in [0.4, 0.5) is 5.69 Å². The lowest BCUT2D eigenvalue weighted by molar-refractivity contribution is -0.120. The molecule has 0 unspecified atom stereocenters. The number of phenols is 1. The number of hydrogen-bond acceptors (Lipinski definition) is 6. The summed E-state index contributed by atoms with van der Waals surface area (Å²) in [6, 6.07) is 10.2. The summed E-state index contributed by atoms with van der Waals surface area (Å²) in [7, 11) is 2.87. The summed E-state index contributed by atoms with van der Waals surface area (Å²) in [6.07, 6.45) is 1.63. The summed E-state index contributed by atoms with van der Waals surface area (Å²) in [5.74, 6) is 0.159. The van der Waals surface area contributed by atoms with E-state index < -0.39 is 0 Å². The zero-order valence-electron chi connectivity index (χ0n) is 13.4. The van der Waals surface area contributed by atoms with E-state index in [1.165, 1.54) is 20.4 Å². The predicted octanol–water partition coefficient (Wildman–Crippen LogP) is 1.68. The molecule has 7 heteroatoms. The number of rotatable bonds is 6. The summed E-state index contributed by atoms with van der Waals surface area (Å²) < 4.78 is 10.1. The summed E-state index contributed by atoms with van der Waals surface area (Å²) in [5, 5.41) is 13.7. The number of nitrogens with two attached hydrogens (primary N) is 1. The van der Waals surface area contributed by atoms with Gasteiger partial charge in [0.25, 0.3) is 0 Å². The molecule has 4 N–H and O–H groups in total. The number of nitrogens with zero attached hydrogens (tertiary/aromatic N) is 1. The Morgan fingerprint density at radius 2 is 1.79 bits per heavy atom. The van der Waals surface area contributed by atoms with Gasteiger partial charge in [0.05, 0.1) is 26.9 Å². The first-order valence-corrected chi connectivity index (χ1v) is 7.14. The van der Waals surface area contributed by atoms with Gasteiger partial charge in [-0.1, -0.05) is 12.1 Å². The highest BCUT2D eigenvalue weighted by atomic mass is 16.5. The average molecular weight is 329 g/mol. The second-order valence-corrected chi connectivity index (χ2v) is 4.99. The van der Waals surface area contributed by atoms with Crippen LogP contribution in [0.3, 0.4) is 0 Å². The first-order chi connectivity index (χ1) is 11.5. The van der Waals surface area contributed by atoms with Crippen molar-refractivity contribution in [3.8, 4) is 17.2 Å². The molecule has 0 atom stereocenters. The van der Waals surface area contributed by atoms with Crippen molar-refractivity contribution in [3.63, 3.8) is 0 Å². The number of aromatic hydroxyl groups is 1. The standard InChI is InChI=1S/C17H19N3O4/c1-23-14-7-12(8-15(24-2)17(14)22)10-19-20-16(21)9-11-3-5-13(18)6-4-11/h3-8,10,22H,9,18H2,1-2H3,(H,20,21)/b19-10-. The normalized spacial score (nSPS) is 10.6. The number of hydrazone groups is 1.